The summed E-state index contributed by atoms with van der Waals surface area (Å²) in [5, 5.41) is 5.30. The third-order valence-electron chi connectivity index (χ3n) is 4.97. The van der Waals surface area contributed by atoms with E-state index in [1.165, 1.54) is 34.4 Å². The minimum atomic E-state index is -0.329. The molecule has 0 aliphatic rings. The first-order valence-corrected chi connectivity index (χ1v) is 10.5. The molecule has 4 rings (SSSR count). The molecule has 0 unspecified atom stereocenters. The van der Waals surface area contributed by atoms with Crippen molar-refractivity contribution in [3.8, 4) is 11.1 Å². The van der Waals surface area contributed by atoms with Crippen molar-refractivity contribution >= 4 is 27.5 Å². The number of carbonyl (C=O) groups excluding carboxylic acids is 1. The second kappa shape index (κ2) is 8.59. The molecule has 0 spiro atoms. The van der Waals surface area contributed by atoms with Gasteiger partial charge in [0.05, 0.1) is 17.8 Å². The van der Waals surface area contributed by atoms with E-state index in [1.54, 1.807) is 12.1 Å². The summed E-state index contributed by atoms with van der Waals surface area (Å²) in [6.45, 7) is 2.15. The molecule has 2 heterocycles. The Balaban J connectivity index is 1.51. The number of fused-ring (bicyclic) bond motifs is 1. The number of hydrogen-bond acceptors (Lipinski definition) is 4. The molecule has 0 aliphatic heterocycles. The van der Waals surface area contributed by atoms with Gasteiger partial charge in [0.25, 0.3) is 5.56 Å². The van der Waals surface area contributed by atoms with Gasteiger partial charge in [-0.15, -0.1) is 11.3 Å². The Bertz CT molecular complexity index is 1230. The molecule has 0 bridgehead atoms. The first-order chi connectivity index (χ1) is 14.5. The second-order valence-electron chi connectivity index (χ2n) is 7.03. The van der Waals surface area contributed by atoms with Crippen LogP contribution in [0.4, 0.5) is 4.39 Å². The number of aromatic nitrogens is 2. The quantitative estimate of drug-likeness (QED) is 0.497. The van der Waals surface area contributed by atoms with Gasteiger partial charge in [0.1, 0.15) is 10.6 Å². The largest absolute Gasteiger partial charge is 0.350 e. The van der Waals surface area contributed by atoms with Gasteiger partial charge in [0, 0.05) is 23.9 Å². The van der Waals surface area contributed by atoms with Gasteiger partial charge >= 0.3 is 0 Å². The van der Waals surface area contributed by atoms with Crippen LogP contribution in [-0.2, 0) is 11.3 Å². The van der Waals surface area contributed by atoms with Crippen LogP contribution >= 0.6 is 11.3 Å². The molecule has 2 aromatic carbocycles. The second-order valence-corrected chi connectivity index (χ2v) is 7.89. The molecular formula is C23H20FN3O2S. The molecule has 2 aromatic heterocycles. The van der Waals surface area contributed by atoms with Gasteiger partial charge in [-0.2, -0.15) is 0 Å². The summed E-state index contributed by atoms with van der Waals surface area (Å²) in [6.07, 6.45) is 1.64. The Labute approximate surface area is 176 Å². The SMILES string of the molecule is C[C@@H](NC(=O)CCn1cnc2scc(-c3ccc(F)cc3)c2c1=O)c1ccccc1. The number of halogens is 1. The number of carbonyl (C=O) groups is 1. The van der Waals surface area contributed by atoms with Crippen molar-refractivity contribution in [2.24, 2.45) is 0 Å². The van der Waals surface area contributed by atoms with Crippen LogP contribution in [0.3, 0.4) is 0 Å². The summed E-state index contributed by atoms with van der Waals surface area (Å²) in [7, 11) is 0. The Hall–Kier alpha value is -3.32. The standard InChI is InChI=1S/C23H20FN3O2S/c1-15(16-5-3-2-4-6-16)26-20(28)11-12-27-14-25-22-21(23(27)29)19(13-30-22)17-7-9-18(24)10-8-17/h2-10,13-15H,11-12H2,1H3,(H,26,28)/t15-/m1/s1. The van der Waals surface area contributed by atoms with E-state index in [-0.39, 0.29) is 36.3 Å². The molecule has 152 valence electrons. The first kappa shape index (κ1) is 20.0. The van der Waals surface area contributed by atoms with Crippen molar-refractivity contribution in [1.29, 1.82) is 0 Å². The number of rotatable bonds is 6. The number of nitrogens with one attached hydrogen (secondary N) is 1. The van der Waals surface area contributed by atoms with Crippen LogP contribution in [0, 0.1) is 5.82 Å². The van der Waals surface area contributed by atoms with Crippen LogP contribution in [0.15, 0.2) is 71.1 Å². The fourth-order valence-corrected chi connectivity index (χ4v) is 4.24. The van der Waals surface area contributed by atoms with Crippen LogP contribution in [0.1, 0.15) is 24.9 Å². The molecule has 1 N–H and O–H groups in total. The maximum Gasteiger partial charge on any atom is 0.262 e. The molecular weight excluding hydrogens is 401 g/mol. The average molecular weight is 421 g/mol. The van der Waals surface area contributed by atoms with E-state index in [9.17, 15) is 14.0 Å². The zero-order valence-electron chi connectivity index (χ0n) is 16.3. The highest BCUT2D eigenvalue weighted by atomic mass is 32.1. The lowest BCUT2D eigenvalue weighted by atomic mass is 10.1. The molecule has 0 radical (unpaired) electrons. The van der Waals surface area contributed by atoms with Gasteiger partial charge < -0.3 is 5.32 Å². The molecule has 1 amide bonds. The topological polar surface area (TPSA) is 64.0 Å². The maximum absolute atomic E-state index is 13.2. The summed E-state index contributed by atoms with van der Waals surface area (Å²) in [4.78, 5) is 30.4. The lowest BCUT2D eigenvalue weighted by molar-refractivity contribution is -0.121. The molecule has 5 nitrogen and oxygen atoms in total. The van der Waals surface area contributed by atoms with Crippen LogP contribution in [-0.4, -0.2) is 15.5 Å². The average Bonchev–Trinajstić information content (AvgIpc) is 3.19. The number of amides is 1. The molecule has 1 atom stereocenters. The molecule has 0 saturated heterocycles. The van der Waals surface area contributed by atoms with Crippen LogP contribution < -0.4 is 10.9 Å². The fraction of sp³-hybridized carbons (Fsp3) is 0.174. The van der Waals surface area contributed by atoms with E-state index in [0.29, 0.717) is 10.2 Å². The van der Waals surface area contributed by atoms with Crippen molar-refractivity contribution in [3.63, 3.8) is 0 Å². The zero-order valence-corrected chi connectivity index (χ0v) is 17.2. The van der Waals surface area contributed by atoms with Crippen molar-refractivity contribution in [2.75, 3.05) is 0 Å². The van der Waals surface area contributed by atoms with Gasteiger partial charge in [-0.1, -0.05) is 42.5 Å². The van der Waals surface area contributed by atoms with Crippen LogP contribution in [0.25, 0.3) is 21.3 Å². The number of nitrogens with zero attached hydrogens (tertiary/aromatic N) is 2. The highest BCUT2D eigenvalue weighted by Crippen LogP contribution is 2.30. The number of benzene rings is 2. The third-order valence-corrected chi connectivity index (χ3v) is 5.86. The van der Waals surface area contributed by atoms with E-state index in [1.807, 2.05) is 42.6 Å². The van der Waals surface area contributed by atoms with Crippen molar-refractivity contribution in [2.45, 2.75) is 25.9 Å². The third kappa shape index (κ3) is 4.16. The Morgan fingerprint density at radius 2 is 1.90 bits per heavy atom. The lowest BCUT2D eigenvalue weighted by Crippen LogP contribution is -2.29. The molecule has 0 aliphatic carbocycles. The van der Waals surface area contributed by atoms with E-state index in [0.717, 1.165) is 16.7 Å². The summed E-state index contributed by atoms with van der Waals surface area (Å²) in [5.74, 6) is -0.466. The Morgan fingerprint density at radius 3 is 2.63 bits per heavy atom. The van der Waals surface area contributed by atoms with Gasteiger partial charge in [-0.3, -0.25) is 14.2 Å². The van der Waals surface area contributed by atoms with Crippen molar-refractivity contribution < 1.29 is 9.18 Å². The number of hydrogen-bond donors (Lipinski definition) is 1. The number of thiophene rings is 1. The normalized spacial score (nSPS) is 12.1. The summed E-state index contributed by atoms with van der Waals surface area (Å²) < 4.78 is 14.7. The minimum Gasteiger partial charge on any atom is -0.350 e. The van der Waals surface area contributed by atoms with Gasteiger partial charge in [-0.25, -0.2) is 9.37 Å². The van der Waals surface area contributed by atoms with Crippen molar-refractivity contribution in [3.05, 3.63) is 88.0 Å². The van der Waals surface area contributed by atoms with Gasteiger partial charge in [0.2, 0.25) is 5.91 Å². The molecule has 0 saturated carbocycles. The molecule has 4 aromatic rings. The van der Waals surface area contributed by atoms with E-state index in [2.05, 4.69) is 10.3 Å². The Morgan fingerprint density at radius 1 is 1.17 bits per heavy atom. The van der Waals surface area contributed by atoms with Gasteiger partial charge in [-0.05, 0) is 30.2 Å². The fourth-order valence-electron chi connectivity index (χ4n) is 3.33. The minimum absolute atomic E-state index is 0.113. The zero-order chi connectivity index (χ0) is 21.1. The highest BCUT2D eigenvalue weighted by molar-refractivity contribution is 7.17. The van der Waals surface area contributed by atoms with Crippen LogP contribution in [0.5, 0.6) is 0 Å². The maximum atomic E-state index is 13.2. The summed E-state index contributed by atoms with van der Waals surface area (Å²) >= 11 is 1.37. The predicted molar refractivity (Wildman–Crippen MR) is 117 cm³/mol. The molecule has 7 heteroatoms. The predicted octanol–water partition coefficient (Wildman–Crippen LogP) is 4.53. The highest BCUT2D eigenvalue weighted by Gasteiger charge is 2.15. The van der Waals surface area contributed by atoms with E-state index in [4.69, 9.17) is 0 Å². The van der Waals surface area contributed by atoms with E-state index >= 15 is 0 Å². The van der Waals surface area contributed by atoms with E-state index < -0.39 is 0 Å². The van der Waals surface area contributed by atoms with Gasteiger partial charge in [0.15, 0.2) is 0 Å². The molecule has 0 fully saturated rings. The first-order valence-electron chi connectivity index (χ1n) is 9.60. The Kier molecular flexibility index (Phi) is 5.72. The van der Waals surface area contributed by atoms with Crippen molar-refractivity contribution in [1.82, 2.24) is 14.9 Å². The van der Waals surface area contributed by atoms with Crippen LogP contribution in [0.2, 0.25) is 0 Å². The lowest BCUT2D eigenvalue weighted by Gasteiger charge is -2.14. The summed E-state index contributed by atoms with van der Waals surface area (Å²) in [6, 6.07) is 15.6. The number of aryl methyl sites for hydroxylation is 1. The monoisotopic (exact) mass is 421 g/mol. The summed E-state index contributed by atoms with van der Waals surface area (Å²) in [5.41, 5.74) is 2.30. The molecule has 30 heavy (non-hydrogen) atoms. The smallest absolute Gasteiger partial charge is 0.262 e.